The number of nitrogens with zero attached hydrogens (tertiary/aromatic N) is 8. The van der Waals surface area contributed by atoms with Crippen LogP contribution in [0, 0.1) is 11.8 Å². The van der Waals surface area contributed by atoms with E-state index in [4.69, 9.17) is 17.2 Å². The van der Waals surface area contributed by atoms with E-state index in [-0.39, 0.29) is 140 Å². The lowest BCUT2D eigenvalue weighted by Crippen LogP contribution is -2.41. The Balaban J connectivity index is 0.000000287. The fourth-order valence-electron chi connectivity index (χ4n) is 9.30. The third-order valence-electron chi connectivity index (χ3n) is 14.2. The third kappa shape index (κ3) is 21.4. The van der Waals surface area contributed by atoms with Crippen LogP contribution in [0.25, 0.3) is 22.3 Å². The number of carboxylic acids is 2. The Morgan fingerprint density at radius 2 is 1.08 bits per heavy atom. The summed E-state index contributed by atoms with van der Waals surface area (Å²) in [5, 5.41) is 33.0. The maximum Gasteiger partial charge on any atom is 0.326 e. The van der Waals surface area contributed by atoms with Crippen molar-refractivity contribution < 1.29 is 48.6 Å². The molecule has 30 nitrogen and oxygen atoms in total. The van der Waals surface area contributed by atoms with Crippen LogP contribution in [0.3, 0.4) is 0 Å². The third-order valence-corrected chi connectivity index (χ3v) is 14.2. The summed E-state index contributed by atoms with van der Waals surface area (Å²) in [6.45, 7) is 1.38. The zero-order chi connectivity index (χ0) is 68.4. The average Bonchev–Trinajstić information content (AvgIpc) is 0.854. The second-order valence-corrected chi connectivity index (χ2v) is 21.5. The lowest BCUT2D eigenvalue weighted by Gasteiger charge is -2.26. The number of fused-ring (bicyclic) bond motifs is 4. The van der Waals surface area contributed by atoms with Crippen molar-refractivity contribution in [2.75, 3.05) is 47.1 Å². The van der Waals surface area contributed by atoms with Gasteiger partial charge in [-0.15, -0.1) is 0 Å². The SMILES string of the molecule is CN=S.NCCCC(=O)CC[C@H](NC(=O)c1ccc(NCc2cnc3nc(N)[nH]c(=O)c3n2)cc1)C(=O)O.Nc1nc2ncc(CNc3ccc(C(=O)N[C@@H](CCC(=O)CCCNC(=O)CCC(=O)N4Cc5ccccc5C#Cc5ccccc54)C(=O)O)cc3)nc2c(=O)[nH]1. The van der Waals surface area contributed by atoms with Gasteiger partial charge in [-0.25, -0.2) is 33.9 Å². The summed E-state index contributed by atoms with van der Waals surface area (Å²) >= 11 is 4.02. The van der Waals surface area contributed by atoms with Crippen molar-refractivity contribution in [3.63, 3.8) is 0 Å². The molecule has 5 heterocycles. The number of carbonyl (C=O) groups is 8. The quantitative estimate of drug-likeness (QED) is 0.0246. The number of ketones is 2. The summed E-state index contributed by atoms with van der Waals surface area (Å²) in [5.41, 5.74) is 21.7. The van der Waals surface area contributed by atoms with Crippen molar-refractivity contribution in [2.45, 2.75) is 95.9 Å². The van der Waals surface area contributed by atoms with E-state index in [1.807, 2.05) is 48.5 Å². The van der Waals surface area contributed by atoms with Gasteiger partial charge < -0.3 is 58.9 Å². The van der Waals surface area contributed by atoms with Crippen molar-refractivity contribution in [3.8, 4) is 11.8 Å². The number of hydrogen-bond donors (Lipinski definition) is 12. The number of aromatic amines is 2. The average molecular weight is 1310 g/mol. The summed E-state index contributed by atoms with van der Waals surface area (Å²) in [6, 6.07) is 25.2. The molecular formula is C64H68N18O12S. The minimum absolute atomic E-state index is 0.00184. The molecule has 0 spiro atoms. The molecular weight excluding hydrogens is 1240 g/mol. The molecule has 0 radical (unpaired) electrons. The smallest absolute Gasteiger partial charge is 0.326 e. The first-order valence-electron chi connectivity index (χ1n) is 29.7. The van der Waals surface area contributed by atoms with E-state index in [1.165, 1.54) is 36.7 Å². The Labute approximate surface area is 547 Å². The van der Waals surface area contributed by atoms with E-state index in [2.05, 4.69) is 95.1 Å². The second-order valence-electron chi connectivity index (χ2n) is 21.1. The zero-order valence-electron chi connectivity index (χ0n) is 51.3. The number of nitrogen functional groups attached to an aromatic ring is 2. The molecule has 31 heteroatoms. The number of benzene rings is 4. The number of carboxylic acid groups (broad SMARTS) is 2. The van der Waals surface area contributed by atoms with E-state index in [9.17, 15) is 58.2 Å². The van der Waals surface area contributed by atoms with Crippen molar-refractivity contribution in [3.05, 3.63) is 169 Å². The topological polar surface area (TPSA) is 474 Å². The van der Waals surface area contributed by atoms with Crippen molar-refractivity contribution in [1.82, 2.24) is 55.8 Å². The number of nitrogens with one attached hydrogen (secondary N) is 7. The number of Topliss-reactive ketones (excluding diaryl/α,β-unsaturated/α-hetero) is 2. The van der Waals surface area contributed by atoms with Gasteiger partial charge in [-0.05, 0) is 105 Å². The van der Waals surface area contributed by atoms with Crippen molar-refractivity contribution in [2.24, 2.45) is 10.1 Å². The summed E-state index contributed by atoms with van der Waals surface area (Å²) < 4.78 is 3.08. The van der Waals surface area contributed by atoms with E-state index >= 15 is 0 Å². The standard InChI is InChI=1S/C41H39N9O7.C22H26N8O5.CH3NS/c42-41-48-37-36(39(55)49-41)46-30(23-45-37)22-44-29-15-13-27(14-16-29)38(54)47-32(40(56)57)18-17-31(51)9-5-21-43-34(52)19-20-35(53)50-24-28-8-2-1-6-25(28)11-12-26-7-3-4-10-33(26)50;23-9-1-2-15(31)7-8-16(21(34)35)28-19(32)12-3-5-13(6-4-12)25-10-14-11-26-18-17(27-14)20(33)30-22(24)29-18;1-2-3/h1-4,6-8,10,13-16,23,32,44H,5,9,17-22,24H2,(H,43,52)(H,47,54)(H,56,57)(H3,42,45,48,49,55);3-6,11,16,25H,1-2,7-10,23H2,(H,28,32)(H,34,35)(H3,24,26,29,30,33);1H3/t32-;16-;/m00./s1. The zero-order valence-corrected chi connectivity index (χ0v) is 52.2. The van der Waals surface area contributed by atoms with Crippen LogP contribution in [-0.4, -0.2) is 129 Å². The van der Waals surface area contributed by atoms with Crippen LogP contribution in [0.4, 0.5) is 29.0 Å². The van der Waals surface area contributed by atoms with E-state index in [1.54, 1.807) is 36.2 Å². The number of H-pyrrole nitrogens is 2. The summed E-state index contributed by atoms with van der Waals surface area (Å²) in [4.78, 5) is 154. The number of amides is 4. The molecule has 8 aromatic rings. The Hall–Kier alpha value is -11.8. The molecule has 1 aliphatic rings. The Kier molecular flexibility index (Phi) is 26.1. The van der Waals surface area contributed by atoms with E-state index < -0.39 is 47.0 Å². The minimum Gasteiger partial charge on any atom is -0.480 e. The van der Waals surface area contributed by atoms with E-state index in [0.717, 1.165) is 16.7 Å². The fraction of sp³-hybridized carbons (Fsp3) is 0.281. The Morgan fingerprint density at radius 1 is 0.621 bits per heavy atom. The highest BCUT2D eigenvalue weighted by molar-refractivity contribution is 7.47. The van der Waals surface area contributed by atoms with Crippen LogP contribution < -0.4 is 59.8 Å². The van der Waals surface area contributed by atoms with Crippen LogP contribution in [0.15, 0.2) is 123 Å². The molecule has 1 aliphatic heterocycles. The van der Waals surface area contributed by atoms with Crippen molar-refractivity contribution >= 4 is 111 Å². The first-order chi connectivity index (χ1) is 45.7. The summed E-state index contributed by atoms with van der Waals surface area (Å²) in [7, 11) is 1.56. The minimum atomic E-state index is -1.29. The van der Waals surface area contributed by atoms with Gasteiger partial charge in [0.05, 0.1) is 49.1 Å². The Morgan fingerprint density at radius 3 is 1.58 bits per heavy atom. The van der Waals surface area contributed by atoms with Gasteiger partial charge in [-0.1, -0.05) is 42.2 Å². The van der Waals surface area contributed by atoms with Gasteiger partial charge in [0.25, 0.3) is 22.9 Å². The molecule has 0 unspecified atom stereocenters. The lowest BCUT2D eigenvalue weighted by molar-refractivity contribution is -0.140. The van der Waals surface area contributed by atoms with Gasteiger partial charge in [-0.3, -0.25) is 48.3 Å². The molecule has 4 aromatic carbocycles. The number of rotatable bonds is 28. The highest BCUT2D eigenvalue weighted by atomic mass is 32.1. The molecule has 95 heavy (non-hydrogen) atoms. The second kappa shape index (κ2) is 35.1. The summed E-state index contributed by atoms with van der Waals surface area (Å²) in [5.74, 6) is 1.71. The van der Waals surface area contributed by atoms with Crippen LogP contribution in [0.1, 0.15) is 113 Å². The Bertz CT molecular complexity index is 4310. The maximum atomic E-state index is 13.4. The number of aromatic nitrogens is 8. The normalized spacial score (nSPS) is 11.7. The molecule has 9 rings (SSSR count). The van der Waals surface area contributed by atoms with Crippen LogP contribution in [-0.2, 0) is 60.8 Å². The van der Waals surface area contributed by atoms with E-state index in [0.29, 0.717) is 54.4 Å². The van der Waals surface area contributed by atoms with Gasteiger partial charge in [0.1, 0.15) is 23.7 Å². The fourth-order valence-corrected chi connectivity index (χ4v) is 9.30. The molecule has 4 amide bonds. The van der Waals surface area contributed by atoms with Gasteiger partial charge in [0.15, 0.2) is 22.3 Å². The predicted molar refractivity (Wildman–Crippen MR) is 354 cm³/mol. The first kappa shape index (κ1) is 70.7. The van der Waals surface area contributed by atoms with Gasteiger partial charge >= 0.3 is 11.9 Å². The molecule has 0 fully saturated rings. The van der Waals surface area contributed by atoms with Crippen LogP contribution >= 0.6 is 0 Å². The first-order valence-corrected chi connectivity index (χ1v) is 30.1. The van der Waals surface area contributed by atoms with Gasteiger partial charge in [0, 0.05) is 98.2 Å². The van der Waals surface area contributed by atoms with Crippen LogP contribution in [0.5, 0.6) is 0 Å². The summed E-state index contributed by atoms with van der Waals surface area (Å²) in [6.07, 6.45) is 4.00. The number of nitrogens with two attached hydrogens (primary N) is 3. The number of anilines is 5. The van der Waals surface area contributed by atoms with Gasteiger partial charge in [-0.2, -0.15) is 9.97 Å². The molecule has 4 aromatic heterocycles. The number of aliphatic carboxylic acids is 2. The molecule has 2 atom stereocenters. The predicted octanol–water partition coefficient (Wildman–Crippen LogP) is 3.59. The largest absolute Gasteiger partial charge is 0.480 e. The number of hydrogen-bond acceptors (Lipinski definition) is 23. The highest BCUT2D eigenvalue weighted by Crippen LogP contribution is 2.26. The number of carbonyl (C=O) groups excluding carboxylic acids is 6. The maximum absolute atomic E-state index is 13.4. The molecule has 492 valence electrons. The highest BCUT2D eigenvalue weighted by Gasteiger charge is 2.25. The molecule has 0 bridgehead atoms. The molecule has 15 N–H and O–H groups in total. The molecule has 0 saturated carbocycles. The van der Waals surface area contributed by atoms with Crippen LogP contribution in [0.2, 0.25) is 0 Å². The van der Waals surface area contributed by atoms with Gasteiger partial charge in [0.2, 0.25) is 23.7 Å². The molecule has 0 saturated heterocycles. The monoisotopic (exact) mass is 1310 g/mol. The molecule has 0 aliphatic carbocycles. The lowest BCUT2D eigenvalue weighted by atomic mass is 10.0. The number of para-hydroxylation sites is 1. The van der Waals surface area contributed by atoms with Crippen molar-refractivity contribution in [1.29, 1.82) is 0 Å².